The summed E-state index contributed by atoms with van der Waals surface area (Å²) in [5, 5.41) is 0. The van der Waals surface area contributed by atoms with Crippen molar-refractivity contribution in [2.75, 3.05) is 12.7 Å². The third-order valence-electron chi connectivity index (χ3n) is 2.25. The van der Waals surface area contributed by atoms with Crippen molar-refractivity contribution in [3.05, 3.63) is 35.4 Å². The summed E-state index contributed by atoms with van der Waals surface area (Å²) < 4.78 is 10.7. The zero-order valence-corrected chi connectivity index (χ0v) is 9.23. The van der Waals surface area contributed by atoms with Gasteiger partial charge in [-0.2, -0.15) is 0 Å². The summed E-state index contributed by atoms with van der Waals surface area (Å²) in [6, 6.07) is 7.93. The van der Waals surface area contributed by atoms with Gasteiger partial charge < -0.3 is 10.6 Å². The van der Waals surface area contributed by atoms with Gasteiger partial charge in [0, 0.05) is 12.1 Å². The molecule has 0 bridgehead atoms. The van der Waals surface area contributed by atoms with Gasteiger partial charge in [-0.25, -0.2) is 0 Å². The molecule has 78 valence electrons. The molecule has 0 radical (unpaired) electrons. The van der Waals surface area contributed by atoms with E-state index in [9.17, 15) is 4.57 Å². The molecule has 1 aromatic rings. The van der Waals surface area contributed by atoms with Gasteiger partial charge >= 0.3 is 0 Å². The number of benzene rings is 1. The highest BCUT2D eigenvalue weighted by atomic mass is 31.1. The van der Waals surface area contributed by atoms with E-state index in [0.717, 1.165) is 5.56 Å². The molecule has 0 heterocycles. The molecule has 0 saturated carbocycles. The Labute approximate surface area is 84.8 Å². The summed E-state index contributed by atoms with van der Waals surface area (Å²) >= 11 is 0. The highest BCUT2D eigenvalue weighted by Gasteiger charge is 2.11. The molecule has 0 aromatic heterocycles. The first-order valence-electron chi connectivity index (χ1n) is 4.62. The van der Waals surface area contributed by atoms with Crippen molar-refractivity contribution in [2.24, 2.45) is 5.73 Å². The van der Waals surface area contributed by atoms with E-state index in [1.165, 1.54) is 5.56 Å². The van der Waals surface area contributed by atoms with Gasteiger partial charge in [-0.05, 0) is 19.0 Å². The lowest BCUT2D eigenvalue weighted by atomic mass is 10.0. The number of aryl methyl sites for hydroxylation is 1. The average Bonchev–Trinajstić information content (AvgIpc) is 2.15. The van der Waals surface area contributed by atoms with E-state index in [4.69, 9.17) is 10.6 Å². The first-order chi connectivity index (χ1) is 6.63. The van der Waals surface area contributed by atoms with Crippen LogP contribution in [0.2, 0.25) is 0 Å². The maximum atomic E-state index is 10.7. The lowest BCUT2D eigenvalue weighted by molar-refractivity contribution is 0.497. The molecular weight excluding hydrogens is 197 g/mol. The Morgan fingerprint density at radius 1 is 1.43 bits per heavy atom. The molecule has 14 heavy (non-hydrogen) atoms. The van der Waals surface area contributed by atoms with Crippen LogP contribution in [0.4, 0.5) is 0 Å². The zero-order valence-electron chi connectivity index (χ0n) is 8.23. The first-order valence-corrected chi connectivity index (χ1v) is 6.18. The summed E-state index contributed by atoms with van der Waals surface area (Å²) in [7, 11) is -2.43. The summed E-state index contributed by atoms with van der Waals surface area (Å²) in [4.78, 5) is 8.86. The van der Waals surface area contributed by atoms with Crippen LogP contribution < -0.4 is 5.73 Å². The van der Waals surface area contributed by atoms with Gasteiger partial charge in [-0.3, -0.25) is 4.57 Å². The quantitative estimate of drug-likeness (QED) is 0.745. The minimum absolute atomic E-state index is 0.00647. The fourth-order valence-corrected chi connectivity index (χ4v) is 2.21. The first kappa shape index (κ1) is 11.4. The van der Waals surface area contributed by atoms with E-state index in [1.807, 2.05) is 31.2 Å². The van der Waals surface area contributed by atoms with Crippen LogP contribution in [0.15, 0.2) is 24.3 Å². The second-order valence-corrected chi connectivity index (χ2v) is 4.64. The van der Waals surface area contributed by atoms with Crippen LogP contribution >= 0.6 is 8.03 Å². The SMILES string of the molecule is Cc1ccc(C(CN)C[PH](=O)O)cc1. The highest BCUT2D eigenvalue weighted by Crippen LogP contribution is 2.25. The summed E-state index contributed by atoms with van der Waals surface area (Å²) in [6.45, 7) is 2.43. The standard InChI is InChI=1S/C10H16NO2P/c1-8-2-4-9(5-3-8)10(6-11)7-14(12)13/h2-5,10,14H,6-7,11H2,1H3,(H,12,13). The summed E-state index contributed by atoms with van der Waals surface area (Å²) in [6.07, 6.45) is 0.282. The van der Waals surface area contributed by atoms with Crippen molar-refractivity contribution >= 4 is 8.03 Å². The van der Waals surface area contributed by atoms with Gasteiger partial charge in [0.25, 0.3) is 0 Å². The van der Waals surface area contributed by atoms with Crippen molar-refractivity contribution in [1.82, 2.24) is 0 Å². The molecule has 0 spiro atoms. The average molecular weight is 213 g/mol. The topological polar surface area (TPSA) is 63.3 Å². The Balaban J connectivity index is 2.78. The predicted molar refractivity (Wildman–Crippen MR) is 59.1 cm³/mol. The Kier molecular flexibility index (Phi) is 4.33. The van der Waals surface area contributed by atoms with Crippen molar-refractivity contribution in [2.45, 2.75) is 12.8 Å². The van der Waals surface area contributed by atoms with Gasteiger partial charge in [0.1, 0.15) is 0 Å². The molecule has 1 aromatic carbocycles. The molecule has 2 atom stereocenters. The van der Waals surface area contributed by atoms with Gasteiger partial charge in [0.05, 0.1) is 0 Å². The molecule has 0 amide bonds. The number of hydrogen-bond donors (Lipinski definition) is 2. The van der Waals surface area contributed by atoms with Crippen LogP contribution in [0.3, 0.4) is 0 Å². The van der Waals surface area contributed by atoms with Crippen LogP contribution in [0.5, 0.6) is 0 Å². The van der Waals surface area contributed by atoms with E-state index < -0.39 is 8.03 Å². The van der Waals surface area contributed by atoms with Crippen LogP contribution in [0.1, 0.15) is 17.0 Å². The summed E-state index contributed by atoms with van der Waals surface area (Å²) in [5.41, 5.74) is 7.79. The summed E-state index contributed by atoms with van der Waals surface area (Å²) in [5.74, 6) is 0.00647. The number of hydrogen-bond acceptors (Lipinski definition) is 2. The fraction of sp³-hybridized carbons (Fsp3) is 0.400. The third-order valence-corrected chi connectivity index (χ3v) is 3.10. The lowest BCUT2D eigenvalue weighted by Gasteiger charge is -2.13. The van der Waals surface area contributed by atoms with Gasteiger partial charge in [0.2, 0.25) is 0 Å². The maximum Gasteiger partial charge on any atom is 0.189 e. The van der Waals surface area contributed by atoms with Crippen molar-refractivity contribution < 1.29 is 9.46 Å². The molecule has 1 rings (SSSR count). The maximum absolute atomic E-state index is 10.7. The smallest absolute Gasteiger partial charge is 0.189 e. The molecule has 4 heteroatoms. The van der Waals surface area contributed by atoms with E-state index in [1.54, 1.807) is 0 Å². The van der Waals surface area contributed by atoms with Crippen LogP contribution in [-0.4, -0.2) is 17.6 Å². The van der Waals surface area contributed by atoms with Crippen molar-refractivity contribution in [1.29, 1.82) is 0 Å². The zero-order chi connectivity index (χ0) is 10.6. The largest absolute Gasteiger partial charge is 0.346 e. The molecule has 0 aliphatic heterocycles. The molecule has 0 saturated heterocycles. The van der Waals surface area contributed by atoms with Gasteiger partial charge in [0.15, 0.2) is 8.03 Å². The molecule has 0 aliphatic carbocycles. The van der Waals surface area contributed by atoms with E-state index in [-0.39, 0.29) is 12.1 Å². The minimum atomic E-state index is -2.43. The third kappa shape index (κ3) is 3.26. The van der Waals surface area contributed by atoms with E-state index in [2.05, 4.69) is 0 Å². The van der Waals surface area contributed by atoms with Crippen LogP contribution in [0.25, 0.3) is 0 Å². The number of nitrogens with two attached hydrogens (primary N) is 1. The van der Waals surface area contributed by atoms with Crippen molar-refractivity contribution in [3.63, 3.8) is 0 Å². The minimum Gasteiger partial charge on any atom is -0.346 e. The molecule has 0 aliphatic rings. The Bertz CT molecular complexity index is 310. The van der Waals surface area contributed by atoms with Crippen molar-refractivity contribution in [3.8, 4) is 0 Å². The Morgan fingerprint density at radius 2 is 2.00 bits per heavy atom. The molecule has 3 N–H and O–H groups in total. The van der Waals surface area contributed by atoms with Gasteiger partial charge in [-0.15, -0.1) is 0 Å². The van der Waals surface area contributed by atoms with Crippen LogP contribution in [-0.2, 0) is 4.57 Å². The van der Waals surface area contributed by atoms with Crippen LogP contribution in [0, 0.1) is 6.92 Å². The molecule has 3 nitrogen and oxygen atoms in total. The normalized spacial score (nSPS) is 15.1. The Morgan fingerprint density at radius 3 is 2.43 bits per heavy atom. The Hall–Kier alpha value is -0.630. The monoisotopic (exact) mass is 213 g/mol. The molecule has 2 unspecified atom stereocenters. The van der Waals surface area contributed by atoms with E-state index in [0.29, 0.717) is 6.54 Å². The van der Waals surface area contributed by atoms with E-state index >= 15 is 0 Å². The number of rotatable bonds is 4. The second kappa shape index (κ2) is 5.30. The van der Waals surface area contributed by atoms with Gasteiger partial charge in [-0.1, -0.05) is 29.8 Å². The fourth-order valence-electron chi connectivity index (χ4n) is 1.39. The lowest BCUT2D eigenvalue weighted by Crippen LogP contribution is -2.14. The second-order valence-electron chi connectivity index (χ2n) is 3.44. The molecule has 0 fully saturated rings. The molecular formula is C10H16NO2P. The predicted octanol–water partition coefficient (Wildman–Crippen LogP) is 1.50. The highest BCUT2D eigenvalue weighted by molar-refractivity contribution is 7.38.